The van der Waals surface area contributed by atoms with Gasteiger partial charge >= 0.3 is 0 Å². The maximum absolute atomic E-state index is 15.1. The van der Waals surface area contributed by atoms with Gasteiger partial charge in [0.25, 0.3) is 5.91 Å². The van der Waals surface area contributed by atoms with Gasteiger partial charge in [0.05, 0.1) is 11.9 Å². The summed E-state index contributed by atoms with van der Waals surface area (Å²) in [5.41, 5.74) is 1.98. The molecule has 0 saturated heterocycles. The highest BCUT2D eigenvalue weighted by atomic mass is 19.1. The number of imidazole rings is 1. The van der Waals surface area contributed by atoms with Crippen molar-refractivity contribution in [1.29, 1.82) is 0 Å². The maximum Gasteiger partial charge on any atom is 0.276 e. The lowest BCUT2D eigenvalue weighted by molar-refractivity contribution is 0.102. The van der Waals surface area contributed by atoms with Crippen LogP contribution in [0, 0.1) is 5.82 Å². The lowest BCUT2D eigenvalue weighted by Gasteiger charge is -2.14. The number of hydrogen-bond acceptors (Lipinski definition) is 6. The first-order valence-electron chi connectivity index (χ1n) is 10.5. The summed E-state index contributed by atoms with van der Waals surface area (Å²) in [6, 6.07) is 15.2. The van der Waals surface area contributed by atoms with Gasteiger partial charge in [-0.3, -0.25) is 4.79 Å². The van der Waals surface area contributed by atoms with Gasteiger partial charge in [-0.05, 0) is 37.0 Å². The van der Waals surface area contributed by atoms with Crippen LogP contribution in [0.4, 0.5) is 21.7 Å². The van der Waals surface area contributed by atoms with Crippen LogP contribution in [0.15, 0.2) is 60.9 Å². The van der Waals surface area contributed by atoms with E-state index in [4.69, 9.17) is 0 Å². The van der Waals surface area contributed by atoms with E-state index in [1.807, 2.05) is 18.2 Å². The molecule has 4 aromatic rings. The van der Waals surface area contributed by atoms with Gasteiger partial charge in [0.2, 0.25) is 0 Å². The number of halogens is 1. The Bertz CT molecular complexity index is 1250. The third-order valence-corrected chi connectivity index (χ3v) is 5.20. The van der Waals surface area contributed by atoms with Crippen LogP contribution in [0.2, 0.25) is 0 Å². The van der Waals surface area contributed by atoms with Crippen LogP contribution >= 0.6 is 0 Å². The highest BCUT2D eigenvalue weighted by Crippen LogP contribution is 2.30. The molecule has 0 aliphatic heterocycles. The lowest BCUT2D eigenvalue weighted by atomic mass is 10.1. The summed E-state index contributed by atoms with van der Waals surface area (Å²) in [5, 5.41) is 13.1. The monoisotopic (exact) mass is 431 g/mol. The number of benzene rings is 1. The van der Waals surface area contributed by atoms with E-state index in [0.29, 0.717) is 18.0 Å². The molecule has 1 saturated carbocycles. The molecule has 162 valence electrons. The largest absolute Gasteiger partial charge is 0.370 e. The number of hydrogen-bond donors (Lipinski definition) is 3. The summed E-state index contributed by atoms with van der Waals surface area (Å²) in [7, 11) is 0. The Morgan fingerprint density at radius 1 is 1.16 bits per heavy atom. The molecule has 1 aliphatic carbocycles. The van der Waals surface area contributed by atoms with Crippen molar-refractivity contribution < 1.29 is 9.18 Å². The van der Waals surface area contributed by atoms with E-state index in [1.54, 1.807) is 18.3 Å². The highest BCUT2D eigenvalue weighted by molar-refractivity contribution is 6.03. The molecule has 0 radical (unpaired) electrons. The molecule has 1 amide bonds. The fourth-order valence-electron chi connectivity index (χ4n) is 3.38. The van der Waals surface area contributed by atoms with Crippen LogP contribution in [0.3, 0.4) is 0 Å². The van der Waals surface area contributed by atoms with Gasteiger partial charge in [-0.15, -0.1) is 0 Å². The molecule has 3 aromatic heterocycles. The van der Waals surface area contributed by atoms with Gasteiger partial charge in [-0.25, -0.2) is 18.9 Å². The first-order chi connectivity index (χ1) is 15.7. The van der Waals surface area contributed by atoms with E-state index in [2.05, 4.69) is 43.1 Å². The molecular formula is C23H22FN7O. The highest BCUT2D eigenvalue weighted by Gasteiger charge is 2.25. The Labute approximate surface area is 183 Å². The van der Waals surface area contributed by atoms with Gasteiger partial charge in [-0.1, -0.05) is 30.3 Å². The van der Waals surface area contributed by atoms with E-state index >= 15 is 4.39 Å². The minimum absolute atomic E-state index is 0.0428. The predicted octanol–water partition coefficient (Wildman–Crippen LogP) is 3.74. The molecule has 3 heterocycles. The Kier molecular flexibility index (Phi) is 5.37. The van der Waals surface area contributed by atoms with Crippen molar-refractivity contribution in [1.82, 2.24) is 19.6 Å². The Balaban J connectivity index is 1.37. The number of aromatic nitrogens is 4. The number of pyridine rings is 1. The van der Waals surface area contributed by atoms with Crippen molar-refractivity contribution >= 4 is 28.9 Å². The number of rotatable bonds is 8. The van der Waals surface area contributed by atoms with E-state index in [9.17, 15) is 4.79 Å². The Morgan fingerprint density at radius 2 is 2.00 bits per heavy atom. The van der Waals surface area contributed by atoms with Crippen LogP contribution in [-0.2, 0) is 6.42 Å². The summed E-state index contributed by atoms with van der Waals surface area (Å²) >= 11 is 0. The summed E-state index contributed by atoms with van der Waals surface area (Å²) in [6.45, 7) is 0.621. The van der Waals surface area contributed by atoms with Gasteiger partial charge in [0.1, 0.15) is 5.82 Å². The lowest BCUT2D eigenvalue weighted by Crippen LogP contribution is -2.18. The van der Waals surface area contributed by atoms with Gasteiger partial charge in [0.15, 0.2) is 23.0 Å². The van der Waals surface area contributed by atoms with Crippen molar-refractivity contribution in [3.63, 3.8) is 0 Å². The molecule has 9 heteroatoms. The summed E-state index contributed by atoms with van der Waals surface area (Å²) in [4.78, 5) is 21.4. The van der Waals surface area contributed by atoms with Crippen LogP contribution < -0.4 is 16.0 Å². The normalized spacial score (nSPS) is 13.2. The third-order valence-electron chi connectivity index (χ3n) is 5.20. The number of fused-ring (bicyclic) bond motifs is 1. The Morgan fingerprint density at radius 3 is 2.81 bits per heavy atom. The molecule has 0 unspecified atom stereocenters. The molecule has 32 heavy (non-hydrogen) atoms. The number of nitrogens with one attached hydrogen (secondary N) is 3. The second-order valence-electron chi connectivity index (χ2n) is 7.69. The second-order valence-corrected chi connectivity index (χ2v) is 7.69. The van der Waals surface area contributed by atoms with Crippen molar-refractivity contribution in [2.45, 2.75) is 25.3 Å². The first-order valence-corrected chi connectivity index (χ1v) is 10.5. The van der Waals surface area contributed by atoms with E-state index in [-0.39, 0.29) is 23.2 Å². The molecule has 0 bridgehead atoms. The average molecular weight is 431 g/mol. The summed E-state index contributed by atoms with van der Waals surface area (Å²) in [6.07, 6.45) is 5.72. The second kappa shape index (κ2) is 8.62. The number of amides is 1. The van der Waals surface area contributed by atoms with E-state index < -0.39 is 11.7 Å². The molecule has 5 rings (SSSR count). The van der Waals surface area contributed by atoms with Crippen LogP contribution in [0.25, 0.3) is 5.65 Å². The zero-order chi connectivity index (χ0) is 21.9. The molecule has 0 spiro atoms. The zero-order valence-corrected chi connectivity index (χ0v) is 17.3. The molecule has 3 N–H and O–H groups in total. The molecule has 0 atom stereocenters. The molecular weight excluding hydrogens is 409 g/mol. The van der Waals surface area contributed by atoms with Crippen molar-refractivity contribution in [2.75, 3.05) is 22.5 Å². The quantitative estimate of drug-likeness (QED) is 0.393. The summed E-state index contributed by atoms with van der Waals surface area (Å²) < 4.78 is 16.6. The number of carbonyl (C=O) groups is 1. The van der Waals surface area contributed by atoms with Crippen LogP contribution in [0.5, 0.6) is 0 Å². The predicted molar refractivity (Wildman–Crippen MR) is 120 cm³/mol. The molecule has 8 nitrogen and oxygen atoms in total. The number of anilines is 3. The summed E-state index contributed by atoms with van der Waals surface area (Å²) in [5.74, 6) is -0.490. The number of carbonyl (C=O) groups excluding carboxylic acids is 1. The van der Waals surface area contributed by atoms with Gasteiger partial charge in [0, 0.05) is 24.8 Å². The SMILES string of the molecule is O=C(Nc1cc(NCCc2ccccc2)nc(NC2CC2)c1F)c1cnc2cccnn12. The van der Waals surface area contributed by atoms with Crippen molar-refractivity contribution in [3.8, 4) is 0 Å². The number of nitrogens with zero attached hydrogens (tertiary/aromatic N) is 4. The van der Waals surface area contributed by atoms with Gasteiger partial charge in [-0.2, -0.15) is 5.10 Å². The first kappa shape index (κ1) is 19.9. The maximum atomic E-state index is 15.1. The Hall–Kier alpha value is -4.01. The van der Waals surface area contributed by atoms with Gasteiger partial charge < -0.3 is 16.0 Å². The van der Waals surface area contributed by atoms with Crippen molar-refractivity contribution in [3.05, 3.63) is 78.0 Å². The average Bonchev–Trinajstić information content (AvgIpc) is 3.52. The topological polar surface area (TPSA) is 96.2 Å². The van der Waals surface area contributed by atoms with Crippen molar-refractivity contribution in [2.24, 2.45) is 0 Å². The third kappa shape index (κ3) is 4.36. The standard InChI is InChI=1S/C23H22FN7O/c24-21-17(29-23(32)18-14-26-20-7-4-11-27-31(18)20)13-19(30-22(21)28-16-8-9-16)25-12-10-15-5-2-1-3-6-15/h1-7,11,13-14,16H,8-10,12H2,(H3,25,28,29,30,32). The smallest absolute Gasteiger partial charge is 0.276 e. The van der Waals surface area contributed by atoms with Crippen LogP contribution in [-0.4, -0.2) is 38.1 Å². The minimum Gasteiger partial charge on any atom is -0.370 e. The van der Waals surface area contributed by atoms with E-state index in [0.717, 1.165) is 19.3 Å². The fraction of sp³-hybridized carbons (Fsp3) is 0.217. The molecule has 1 aromatic carbocycles. The minimum atomic E-state index is -0.597. The van der Waals surface area contributed by atoms with Crippen LogP contribution in [0.1, 0.15) is 28.9 Å². The van der Waals surface area contributed by atoms with E-state index in [1.165, 1.54) is 22.3 Å². The fourth-order valence-corrected chi connectivity index (χ4v) is 3.38. The molecule has 1 fully saturated rings. The zero-order valence-electron chi connectivity index (χ0n) is 17.3. The molecule has 1 aliphatic rings.